The van der Waals surface area contributed by atoms with Crippen LogP contribution in [-0.2, 0) is 14.0 Å². The van der Waals surface area contributed by atoms with Gasteiger partial charge in [0.25, 0.3) is 0 Å². The summed E-state index contributed by atoms with van der Waals surface area (Å²) in [5.74, 6) is 2.50. The molecule has 0 aromatic rings. The van der Waals surface area contributed by atoms with Crippen LogP contribution in [0.4, 0.5) is 0 Å². The molecular weight excluding hydrogens is 179 g/mol. The Morgan fingerprint density at radius 3 is 2.14 bits per heavy atom. The molecule has 0 saturated carbocycles. The normalized spacial score (nSPS) is 23.5. The molecule has 0 aromatic carbocycles. The van der Waals surface area contributed by atoms with E-state index in [-0.39, 0.29) is 11.2 Å². The Balaban J connectivity index is 2.44. The van der Waals surface area contributed by atoms with Gasteiger partial charge in [-0.25, -0.2) is 0 Å². The van der Waals surface area contributed by atoms with E-state index in [2.05, 4.69) is 5.92 Å². The van der Waals surface area contributed by atoms with E-state index in [9.17, 15) is 0 Å². The summed E-state index contributed by atoms with van der Waals surface area (Å²) < 4.78 is 16.5. The van der Waals surface area contributed by atoms with Crippen LogP contribution in [-0.4, -0.2) is 25.1 Å². The Hall–Kier alpha value is -0.495. The van der Waals surface area contributed by atoms with Gasteiger partial charge in [0.1, 0.15) is 0 Å². The second-order valence-electron chi connectivity index (χ2n) is 4.37. The lowest BCUT2D eigenvalue weighted by molar-refractivity contribution is 0.00578. The molecule has 1 rings (SSSR count). The summed E-state index contributed by atoms with van der Waals surface area (Å²) in [5, 5.41) is 0. The van der Waals surface area contributed by atoms with Crippen molar-refractivity contribution in [2.24, 2.45) is 0 Å². The first-order valence-corrected chi connectivity index (χ1v) is 4.80. The number of hydrogen-bond donors (Lipinski definition) is 0. The van der Waals surface area contributed by atoms with E-state index in [4.69, 9.17) is 20.4 Å². The lowest BCUT2D eigenvalue weighted by Gasteiger charge is -2.31. The van der Waals surface area contributed by atoms with Gasteiger partial charge in [-0.1, -0.05) is 0 Å². The molecule has 1 aliphatic rings. The summed E-state index contributed by atoms with van der Waals surface area (Å²) >= 11 is 0. The summed E-state index contributed by atoms with van der Waals surface area (Å²) in [6, 6.07) is 0. The largest absolute Gasteiger partial charge is 0.640 e. The Kier molecular flexibility index (Phi) is 3.26. The molecule has 0 amide bonds. The predicted molar refractivity (Wildman–Crippen MR) is 55.5 cm³/mol. The Morgan fingerprint density at radius 1 is 1.21 bits per heavy atom. The van der Waals surface area contributed by atoms with Crippen LogP contribution in [0.3, 0.4) is 0 Å². The maximum absolute atomic E-state index is 5.60. The van der Waals surface area contributed by atoms with Crippen LogP contribution in [0.5, 0.6) is 0 Å². The third kappa shape index (κ3) is 2.30. The second-order valence-corrected chi connectivity index (χ2v) is 4.37. The van der Waals surface area contributed by atoms with Gasteiger partial charge in [0.2, 0.25) is 0 Å². The average Bonchev–Trinajstić information content (AvgIpc) is 2.21. The van der Waals surface area contributed by atoms with E-state index >= 15 is 0 Å². The average molecular weight is 196 g/mol. The van der Waals surface area contributed by atoms with Gasteiger partial charge in [0, 0.05) is 13.0 Å². The fourth-order valence-corrected chi connectivity index (χ4v) is 1.07. The third-order valence-electron chi connectivity index (χ3n) is 2.73. The van der Waals surface area contributed by atoms with Crippen molar-refractivity contribution in [3.63, 3.8) is 0 Å². The van der Waals surface area contributed by atoms with Crippen LogP contribution in [0.15, 0.2) is 0 Å². The van der Waals surface area contributed by atoms with Crippen molar-refractivity contribution in [3.8, 4) is 12.3 Å². The molecule has 0 N–H and O–H groups in total. The maximum atomic E-state index is 5.60. The molecule has 3 nitrogen and oxygen atoms in total. The minimum Gasteiger partial charge on any atom is -0.385 e. The third-order valence-corrected chi connectivity index (χ3v) is 2.73. The molecule has 0 aromatic heterocycles. The van der Waals surface area contributed by atoms with E-state index in [1.54, 1.807) is 0 Å². The zero-order chi connectivity index (χ0) is 10.8. The number of hydrogen-bond acceptors (Lipinski definition) is 3. The highest BCUT2D eigenvalue weighted by molar-refractivity contribution is 6.37. The van der Waals surface area contributed by atoms with Crippen LogP contribution < -0.4 is 0 Å². The molecule has 4 heteroatoms. The standard InChI is InChI=1S/C10H17BO3/c1-6-7-8-12-11-13-9(2,3)10(4,5)14-11/h1H,7-8H2,2-5H3. The van der Waals surface area contributed by atoms with Gasteiger partial charge in [-0.2, -0.15) is 0 Å². The molecule has 1 heterocycles. The smallest absolute Gasteiger partial charge is 0.385 e. The van der Waals surface area contributed by atoms with E-state index in [1.807, 2.05) is 27.7 Å². The highest BCUT2D eigenvalue weighted by Crippen LogP contribution is 2.36. The van der Waals surface area contributed by atoms with Gasteiger partial charge >= 0.3 is 7.32 Å². The van der Waals surface area contributed by atoms with Gasteiger partial charge in [0.15, 0.2) is 0 Å². The zero-order valence-corrected chi connectivity index (χ0v) is 9.29. The number of terminal acetylenes is 1. The molecular formula is C10H17BO3. The molecule has 0 bridgehead atoms. The minimum absolute atomic E-state index is 0.339. The molecule has 0 atom stereocenters. The van der Waals surface area contributed by atoms with E-state index in [0.29, 0.717) is 13.0 Å². The fourth-order valence-electron chi connectivity index (χ4n) is 1.07. The van der Waals surface area contributed by atoms with Crippen molar-refractivity contribution < 1.29 is 14.0 Å². The highest BCUT2D eigenvalue weighted by Gasteiger charge is 2.52. The summed E-state index contributed by atoms with van der Waals surface area (Å²) in [6.45, 7) is 8.40. The van der Waals surface area contributed by atoms with Crippen molar-refractivity contribution in [3.05, 3.63) is 0 Å². The van der Waals surface area contributed by atoms with Gasteiger partial charge in [0.05, 0.1) is 11.2 Å². The van der Waals surface area contributed by atoms with Gasteiger partial charge in [-0.15, -0.1) is 12.3 Å². The Bertz CT molecular complexity index is 226. The monoisotopic (exact) mass is 196 g/mol. The highest BCUT2D eigenvalue weighted by atomic mass is 16.8. The molecule has 1 aliphatic heterocycles. The molecule has 0 radical (unpaired) electrons. The predicted octanol–water partition coefficient (Wildman–Crippen LogP) is 1.62. The first kappa shape index (κ1) is 11.6. The van der Waals surface area contributed by atoms with E-state index < -0.39 is 7.32 Å². The molecule has 0 aliphatic carbocycles. The summed E-state index contributed by atoms with van der Waals surface area (Å²) in [5.41, 5.74) is -0.679. The SMILES string of the molecule is C#CCCOB1OC(C)(C)C(C)(C)O1. The molecule has 78 valence electrons. The van der Waals surface area contributed by atoms with Crippen molar-refractivity contribution in [1.29, 1.82) is 0 Å². The summed E-state index contributed by atoms with van der Waals surface area (Å²) in [7, 11) is -0.589. The Morgan fingerprint density at radius 2 is 1.71 bits per heavy atom. The second kappa shape index (κ2) is 3.94. The molecule has 1 saturated heterocycles. The van der Waals surface area contributed by atoms with Crippen LogP contribution in [0.2, 0.25) is 0 Å². The van der Waals surface area contributed by atoms with Crippen LogP contribution >= 0.6 is 0 Å². The van der Waals surface area contributed by atoms with Crippen molar-refractivity contribution >= 4 is 7.32 Å². The quantitative estimate of drug-likeness (QED) is 0.390. The maximum Gasteiger partial charge on any atom is 0.640 e. The fraction of sp³-hybridized carbons (Fsp3) is 0.800. The van der Waals surface area contributed by atoms with Gasteiger partial charge in [-0.05, 0) is 27.7 Å². The minimum atomic E-state index is -0.589. The molecule has 14 heavy (non-hydrogen) atoms. The van der Waals surface area contributed by atoms with Gasteiger partial charge < -0.3 is 14.0 Å². The lowest BCUT2D eigenvalue weighted by Crippen LogP contribution is -2.41. The first-order chi connectivity index (χ1) is 6.39. The zero-order valence-electron chi connectivity index (χ0n) is 9.29. The van der Waals surface area contributed by atoms with Crippen molar-refractivity contribution in [2.75, 3.05) is 6.61 Å². The van der Waals surface area contributed by atoms with E-state index in [1.165, 1.54) is 0 Å². The number of rotatable bonds is 3. The topological polar surface area (TPSA) is 27.7 Å². The Labute approximate surface area is 86.3 Å². The van der Waals surface area contributed by atoms with Crippen LogP contribution in [0.25, 0.3) is 0 Å². The summed E-state index contributed by atoms with van der Waals surface area (Å²) in [6.07, 6.45) is 5.68. The van der Waals surface area contributed by atoms with E-state index in [0.717, 1.165) is 0 Å². The van der Waals surface area contributed by atoms with Crippen LogP contribution in [0, 0.1) is 12.3 Å². The first-order valence-electron chi connectivity index (χ1n) is 4.80. The summed E-state index contributed by atoms with van der Waals surface area (Å²) in [4.78, 5) is 0. The van der Waals surface area contributed by atoms with Gasteiger partial charge in [-0.3, -0.25) is 0 Å². The molecule has 1 fully saturated rings. The van der Waals surface area contributed by atoms with Crippen molar-refractivity contribution in [2.45, 2.75) is 45.3 Å². The molecule has 0 spiro atoms. The lowest BCUT2D eigenvalue weighted by atomic mass is 9.90. The van der Waals surface area contributed by atoms with Crippen molar-refractivity contribution in [1.82, 2.24) is 0 Å². The van der Waals surface area contributed by atoms with Crippen LogP contribution in [0.1, 0.15) is 34.1 Å². The molecule has 0 unspecified atom stereocenters.